The molecule has 0 aromatic rings. The van der Waals surface area contributed by atoms with Crippen LogP contribution in [0.4, 0.5) is 0 Å². The lowest BCUT2D eigenvalue weighted by molar-refractivity contribution is -0.320. The van der Waals surface area contributed by atoms with Gasteiger partial charge < -0.3 is 19.8 Å². The molecule has 0 fully saturated rings. The molecule has 0 radical (unpaired) electrons. The molecule has 0 rings (SSSR count). The third kappa shape index (κ3) is 5.35. The second-order valence-corrected chi connectivity index (χ2v) is 3.03. The third-order valence-electron chi connectivity index (χ3n) is 1.37. The van der Waals surface area contributed by atoms with E-state index in [0.29, 0.717) is 0 Å². The predicted octanol–water partition coefficient (Wildman–Crippen LogP) is -2.15. The maximum atomic E-state index is 10.8. The molecule has 1 atom stereocenters. The number of aliphatic carboxylic acids is 2. The van der Waals surface area contributed by atoms with Gasteiger partial charge in [-0.2, -0.15) is 0 Å². The van der Waals surface area contributed by atoms with Crippen LogP contribution in [0.1, 0.15) is 12.8 Å². The highest BCUT2D eigenvalue weighted by molar-refractivity contribution is 9.09. The van der Waals surface area contributed by atoms with Crippen molar-refractivity contribution < 1.29 is 24.6 Å². The molecule has 0 amide bonds. The number of carbonyl (C=O) groups is 3. The molecule has 6 heteroatoms. The Bertz CT molecular complexity index is 225. The number of alkyl halides is 1. The van der Waals surface area contributed by atoms with Crippen LogP contribution < -0.4 is 10.2 Å². The highest BCUT2D eigenvalue weighted by atomic mass is 79.9. The number of carboxylic acid groups (broad SMARTS) is 2. The molecule has 0 spiro atoms. The zero-order chi connectivity index (χ0) is 10.4. The first-order valence-electron chi connectivity index (χ1n) is 3.45. The zero-order valence-electron chi connectivity index (χ0n) is 6.62. The van der Waals surface area contributed by atoms with Crippen LogP contribution in [0.25, 0.3) is 0 Å². The lowest BCUT2D eigenvalue weighted by Crippen LogP contribution is -2.37. The monoisotopic (exact) mass is 250 g/mol. The van der Waals surface area contributed by atoms with Crippen molar-refractivity contribution in [2.75, 3.05) is 5.33 Å². The van der Waals surface area contributed by atoms with Gasteiger partial charge in [0.15, 0.2) is 0 Å². The number of rotatable bonds is 6. The Kier molecular flexibility index (Phi) is 5.29. The minimum absolute atomic E-state index is 0.00380. The van der Waals surface area contributed by atoms with Crippen LogP contribution >= 0.6 is 15.9 Å². The first kappa shape index (κ1) is 12.1. The van der Waals surface area contributed by atoms with Gasteiger partial charge in [0.1, 0.15) is 5.78 Å². The van der Waals surface area contributed by atoms with Gasteiger partial charge >= 0.3 is 0 Å². The second-order valence-electron chi connectivity index (χ2n) is 2.47. The molecule has 0 aromatic carbocycles. The van der Waals surface area contributed by atoms with Gasteiger partial charge in [-0.3, -0.25) is 4.79 Å². The number of halogens is 1. The van der Waals surface area contributed by atoms with Gasteiger partial charge in [0.05, 0.1) is 5.33 Å². The maximum Gasteiger partial charge on any atom is 0.144 e. The molecule has 0 aliphatic rings. The average molecular weight is 251 g/mol. The molecular weight excluding hydrogens is 244 g/mol. The minimum atomic E-state index is -1.54. The smallest absolute Gasteiger partial charge is 0.144 e. The average Bonchev–Trinajstić information content (AvgIpc) is 2.02. The zero-order valence-corrected chi connectivity index (χ0v) is 8.20. The summed E-state index contributed by atoms with van der Waals surface area (Å²) in [4.78, 5) is 31.1. The Balaban J connectivity index is 4.18. The summed E-state index contributed by atoms with van der Waals surface area (Å²) in [7, 11) is 0. The molecule has 0 heterocycles. The number of Topliss-reactive ketones (excluding diaryl/α,β-unsaturated/α-hetero) is 1. The SMILES string of the molecule is O=C([O-])CC(CC(=O)CBr)C(=O)[O-]. The van der Waals surface area contributed by atoms with Gasteiger partial charge in [-0.05, 0) is 6.42 Å². The van der Waals surface area contributed by atoms with Gasteiger partial charge in [-0.1, -0.05) is 15.9 Å². The van der Waals surface area contributed by atoms with Crippen LogP contribution in [0.15, 0.2) is 0 Å². The molecule has 0 saturated heterocycles. The van der Waals surface area contributed by atoms with Gasteiger partial charge in [0.2, 0.25) is 0 Å². The topological polar surface area (TPSA) is 97.3 Å². The van der Waals surface area contributed by atoms with E-state index < -0.39 is 24.3 Å². The standard InChI is InChI=1S/C7H9BrO5/c8-3-5(9)1-4(7(12)13)2-6(10)11/h4H,1-3H2,(H,10,11)(H,12,13)/p-2. The first-order chi connectivity index (χ1) is 5.97. The van der Waals surface area contributed by atoms with Crippen molar-refractivity contribution in [2.45, 2.75) is 12.8 Å². The fourth-order valence-corrected chi connectivity index (χ4v) is 0.998. The summed E-state index contributed by atoms with van der Waals surface area (Å²) in [6.07, 6.45) is -1.04. The Labute approximate surface area is 82.9 Å². The van der Waals surface area contributed by atoms with E-state index in [2.05, 4.69) is 15.9 Å². The van der Waals surface area contributed by atoms with E-state index in [0.717, 1.165) is 0 Å². The Hall–Kier alpha value is -0.910. The summed E-state index contributed by atoms with van der Waals surface area (Å²) in [5, 5.41) is 20.4. The molecule has 0 aliphatic carbocycles. The molecule has 0 N–H and O–H groups in total. The van der Waals surface area contributed by atoms with E-state index in [4.69, 9.17) is 0 Å². The van der Waals surface area contributed by atoms with Crippen molar-refractivity contribution in [3.8, 4) is 0 Å². The van der Waals surface area contributed by atoms with Gasteiger partial charge in [0, 0.05) is 24.3 Å². The summed E-state index contributed by atoms with van der Waals surface area (Å²) >= 11 is 2.83. The highest BCUT2D eigenvalue weighted by Crippen LogP contribution is 2.08. The molecule has 1 unspecified atom stereocenters. The maximum absolute atomic E-state index is 10.8. The van der Waals surface area contributed by atoms with Crippen LogP contribution in [0, 0.1) is 5.92 Å². The second kappa shape index (κ2) is 5.69. The summed E-state index contributed by atoms with van der Waals surface area (Å²) in [6.45, 7) is 0. The number of hydrogen-bond acceptors (Lipinski definition) is 5. The Morgan fingerprint density at radius 1 is 1.15 bits per heavy atom. The molecule has 5 nitrogen and oxygen atoms in total. The molecule has 13 heavy (non-hydrogen) atoms. The fourth-order valence-electron chi connectivity index (χ4n) is 0.769. The normalized spacial score (nSPS) is 12.1. The van der Waals surface area contributed by atoms with Crippen LogP contribution in [-0.2, 0) is 14.4 Å². The third-order valence-corrected chi connectivity index (χ3v) is 1.99. The van der Waals surface area contributed by atoms with Crippen molar-refractivity contribution >= 4 is 33.7 Å². The van der Waals surface area contributed by atoms with Crippen molar-refractivity contribution in [1.82, 2.24) is 0 Å². The largest absolute Gasteiger partial charge is 0.550 e. The first-order valence-corrected chi connectivity index (χ1v) is 4.58. The van der Waals surface area contributed by atoms with Gasteiger partial charge in [0.25, 0.3) is 0 Å². The van der Waals surface area contributed by atoms with Crippen molar-refractivity contribution in [3.05, 3.63) is 0 Å². The lowest BCUT2D eigenvalue weighted by atomic mass is 10.00. The number of hydrogen-bond donors (Lipinski definition) is 0. The molecular formula is C7H7BrO5-2. The van der Waals surface area contributed by atoms with Gasteiger partial charge in [-0.25, -0.2) is 0 Å². The summed E-state index contributed by atoms with van der Waals surface area (Å²) in [5.41, 5.74) is 0. The van der Waals surface area contributed by atoms with E-state index in [9.17, 15) is 24.6 Å². The van der Waals surface area contributed by atoms with Crippen LogP contribution in [0.3, 0.4) is 0 Å². The lowest BCUT2D eigenvalue weighted by Gasteiger charge is -2.16. The molecule has 0 bridgehead atoms. The van der Waals surface area contributed by atoms with Crippen LogP contribution in [-0.4, -0.2) is 23.1 Å². The summed E-state index contributed by atoms with van der Waals surface area (Å²) in [5.74, 6) is -4.72. The van der Waals surface area contributed by atoms with Crippen LogP contribution in [0.5, 0.6) is 0 Å². The van der Waals surface area contributed by atoms with Crippen molar-refractivity contribution in [2.24, 2.45) is 5.92 Å². The fraction of sp³-hybridized carbons (Fsp3) is 0.571. The van der Waals surface area contributed by atoms with Crippen molar-refractivity contribution in [1.29, 1.82) is 0 Å². The minimum Gasteiger partial charge on any atom is -0.550 e. The number of carboxylic acids is 2. The van der Waals surface area contributed by atoms with Gasteiger partial charge in [-0.15, -0.1) is 0 Å². The summed E-state index contributed by atoms with van der Waals surface area (Å²) in [6, 6.07) is 0. The van der Waals surface area contributed by atoms with E-state index in [1.54, 1.807) is 0 Å². The Morgan fingerprint density at radius 3 is 2.00 bits per heavy atom. The van der Waals surface area contributed by atoms with Crippen LogP contribution in [0.2, 0.25) is 0 Å². The molecule has 0 aromatic heterocycles. The summed E-state index contributed by atoms with van der Waals surface area (Å²) < 4.78 is 0. The predicted molar refractivity (Wildman–Crippen MR) is 41.5 cm³/mol. The van der Waals surface area contributed by atoms with E-state index in [1.165, 1.54) is 0 Å². The molecule has 74 valence electrons. The molecule has 0 aliphatic heterocycles. The number of carbonyl (C=O) groups excluding carboxylic acids is 3. The molecule has 0 saturated carbocycles. The van der Waals surface area contributed by atoms with Crippen molar-refractivity contribution in [3.63, 3.8) is 0 Å². The van der Waals surface area contributed by atoms with E-state index >= 15 is 0 Å². The quantitative estimate of drug-likeness (QED) is 0.501. The van der Waals surface area contributed by atoms with E-state index in [1.807, 2.05) is 0 Å². The van der Waals surface area contributed by atoms with E-state index in [-0.39, 0.29) is 17.5 Å². The Morgan fingerprint density at radius 2 is 1.69 bits per heavy atom. The number of ketones is 1. The highest BCUT2D eigenvalue weighted by Gasteiger charge is 2.14.